The summed E-state index contributed by atoms with van der Waals surface area (Å²) in [5.41, 5.74) is 7.03. The SMILES string of the molecule is N[C@H]1CCCC[C@H]1NS(=O)(=O)c1ccc(CBr)cc1. The Hall–Kier alpha value is -0.430. The summed E-state index contributed by atoms with van der Waals surface area (Å²) in [5, 5.41) is 0.717. The van der Waals surface area contributed by atoms with E-state index in [9.17, 15) is 8.42 Å². The highest BCUT2D eigenvalue weighted by Crippen LogP contribution is 2.20. The first kappa shape index (κ1) is 15.0. The maximum atomic E-state index is 12.3. The van der Waals surface area contributed by atoms with Crippen LogP contribution in [-0.4, -0.2) is 20.5 Å². The lowest BCUT2D eigenvalue weighted by Gasteiger charge is -2.29. The summed E-state index contributed by atoms with van der Waals surface area (Å²) in [5.74, 6) is 0. The number of sulfonamides is 1. The predicted molar refractivity (Wildman–Crippen MR) is 79.6 cm³/mol. The molecule has 19 heavy (non-hydrogen) atoms. The third kappa shape index (κ3) is 3.78. The number of alkyl halides is 1. The molecule has 1 aliphatic rings. The van der Waals surface area contributed by atoms with Crippen LogP contribution in [-0.2, 0) is 15.4 Å². The summed E-state index contributed by atoms with van der Waals surface area (Å²) in [6, 6.07) is 6.66. The van der Waals surface area contributed by atoms with Crippen LogP contribution in [0.3, 0.4) is 0 Å². The minimum absolute atomic E-state index is 0.0784. The number of halogens is 1. The molecule has 0 aliphatic heterocycles. The number of hydrogen-bond acceptors (Lipinski definition) is 3. The van der Waals surface area contributed by atoms with Crippen molar-refractivity contribution in [3.63, 3.8) is 0 Å². The molecule has 2 atom stereocenters. The van der Waals surface area contributed by atoms with Crippen LogP contribution in [0, 0.1) is 0 Å². The summed E-state index contributed by atoms with van der Waals surface area (Å²) in [6.07, 6.45) is 3.82. The van der Waals surface area contributed by atoms with Gasteiger partial charge < -0.3 is 5.73 Å². The molecule has 0 saturated heterocycles. The zero-order chi connectivity index (χ0) is 13.9. The van der Waals surface area contributed by atoms with Crippen molar-refractivity contribution in [2.24, 2.45) is 5.73 Å². The highest BCUT2D eigenvalue weighted by Gasteiger charge is 2.26. The fraction of sp³-hybridized carbons (Fsp3) is 0.538. The van der Waals surface area contributed by atoms with Crippen molar-refractivity contribution in [2.45, 2.75) is 48.0 Å². The molecule has 6 heteroatoms. The molecular formula is C13H19BrN2O2S. The van der Waals surface area contributed by atoms with Crippen molar-refractivity contribution in [2.75, 3.05) is 0 Å². The Bertz CT molecular complexity index is 516. The van der Waals surface area contributed by atoms with E-state index in [1.807, 2.05) is 12.1 Å². The van der Waals surface area contributed by atoms with Crippen molar-refractivity contribution >= 4 is 26.0 Å². The van der Waals surface area contributed by atoms with Gasteiger partial charge in [0.1, 0.15) is 0 Å². The van der Waals surface area contributed by atoms with Gasteiger partial charge in [0.15, 0.2) is 0 Å². The molecule has 0 bridgehead atoms. The lowest BCUT2D eigenvalue weighted by Crippen LogP contribution is -2.49. The maximum Gasteiger partial charge on any atom is 0.240 e. The van der Waals surface area contributed by atoms with Gasteiger partial charge in [0.2, 0.25) is 10.0 Å². The second-order valence-electron chi connectivity index (χ2n) is 4.95. The summed E-state index contributed by atoms with van der Waals surface area (Å²) in [4.78, 5) is 0.301. The van der Waals surface area contributed by atoms with Crippen LogP contribution >= 0.6 is 15.9 Å². The standard InChI is InChI=1S/C13H19BrN2O2S/c14-9-10-5-7-11(8-6-10)19(17,18)16-13-4-2-1-3-12(13)15/h5-8,12-13,16H,1-4,9,15H2/t12-,13+/m0/s1. The number of nitrogens with two attached hydrogens (primary N) is 1. The van der Waals surface area contributed by atoms with Gasteiger partial charge in [-0.3, -0.25) is 0 Å². The van der Waals surface area contributed by atoms with Gasteiger partial charge in [0.25, 0.3) is 0 Å². The highest BCUT2D eigenvalue weighted by molar-refractivity contribution is 9.08. The average Bonchev–Trinajstić information content (AvgIpc) is 2.41. The van der Waals surface area contributed by atoms with Crippen LogP contribution in [0.2, 0.25) is 0 Å². The number of rotatable bonds is 4. The molecule has 0 radical (unpaired) electrons. The Kier molecular flexibility index (Phi) is 5.00. The Balaban J connectivity index is 2.12. The van der Waals surface area contributed by atoms with Gasteiger partial charge in [-0.2, -0.15) is 0 Å². The lowest BCUT2D eigenvalue weighted by atomic mass is 9.92. The van der Waals surface area contributed by atoms with E-state index in [1.54, 1.807) is 12.1 Å². The fourth-order valence-corrected chi connectivity index (χ4v) is 4.03. The molecule has 0 heterocycles. The van der Waals surface area contributed by atoms with E-state index < -0.39 is 10.0 Å². The van der Waals surface area contributed by atoms with Crippen molar-refractivity contribution in [1.82, 2.24) is 4.72 Å². The van der Waals surface area contributed by atoms with E-state index in [0.29, 0.717) is 10.2 Å². The first-order chi connectivity index (χ1) is 9.03. The van der Waals surface area contributed by atoms with Crippen LogP contribution in [0.5, 0.6) is 0 Å². The molecule has 106 valence electrons. The molecule has 0 aromatic heterocycles. The normalized spacial score (nSPS) is 24.3. The second kappa shape index (κ2) is 6.35. The quantitative estimate of drug-likeness (QED) is 0.820. The lowest BCUT2D eigenvalue weighted by molar-refractivity contribution is 0.361. The monoisotopic (exact) mass is 346 g/mol. The Morgan fingerprint density at radius 2 is 1.84 bits per heavy atom. The van der Waals surface area contributed by atoms with E-state index in [1.165, 1.54) is 0 Å². The van der Waals surface area contributed by atoms with E-state index in [2.05, 4.69) is 20.7 Å². The third-order valence-electron chi connectivity index (χ3n) is 3.51. The van der Waals surface area contributed by atoms with E-state index in [-0.39, 0.29) is 12.1 Å². The largest absolute Gasteiger partial charge is 0.326 e. The molecular weight excluding hydrogens is 328 g/mol. The molecule has 1 aromatic carbocycles. The Morgan fingerprint density at radius 1 is 1.21 bits per heavy atom. The minimum Gasteiger partial charge on any atom is -0.326 e. The average molecular weight is 347 g/mol. The summed E-state index contributed by atoms with van der Waals surface area (Å²) < 4.78 is 27.3. The van der Waals surface area contributed by atoms with E-state index in [0.717, 1.165) is 31.2 Å². The zero-order valence-electron chi connectivity index (χ0n) is 10.7. The van der Waals surface area contributed by atoms with Gasteiger partial charge in [-0.1, -0.05) is 40.9 Å². The molecule has 1 saturated carbocycles. The first-order valence-corrected chi connectivity index (χ1v) is 9.06. The third-order valence-corrected chi connectivity index (χ3v) is 5.67. The first-order valence-electron chi connectivity index (χ1n) is 6.46. The molecule has 0 amide bonds. The van der Waals surface area contributed by atoms with E-state index in [4.69, 9.17) is 5.73 Å². The number of hydrogen-bond donors (Lipinski definition) is 2. The minimum atomic E-state index is -3.46. The molecule has 2 rings (SSSR count). The summed E-state index contributed by atoms with van der Waals surface area (Å²) in [6.45, 7) is 0. The van der Waals surface area contributed by atoms with Crippen LogP contribution in [0.4, 0.5) is 0 Å². The number of benzene rings is 1. The van der Waals surface area contributed by atoms with Crippen molar-refractivity contribution in [3.8, 4) is 0 Å². The molecule has 4 nitrogen and oxygen atoms in total. The van der Waals surface area contributed by atoms with Crippen LogP contribution in [0.25, 0.3) is 0 Å². The van der Waals surface area contributed by atoms with Gasteiger partial charge in [-0.05, 0) is 30.5 Å². The topological polar surface area (TPSA) is 72.2 Å². The van der Waals surface area contributed by atoms with Crippen molar-refractivity contribution in [3.05, 3.63) is 29.8 Å². The van der Waals surface area contributed by atoms with E-state index >= 15 is 0 Å². The van der Waals surface area contributed by atoms with Gasteiger partial charge in [-0.25, -0.2) is 13.1 Å². The number of nitrogens with one attached hydrogen (secondary N) is 1. The Labute approximate surface area is 122 Å². The predicted octanol–water partition coefficient (Wildman–Crippen LogP) is 2.13. The summed E-state index contributed by atoms with van der Waals surface area (Å²) >= 11 is 3.34. The Morgan fingerprint density at radius 3 is 2.42 bits per heavy atom. The van der Waals surface area contributed by atoms with Crippen molar-refractivity contribution in [1.29, 1.82) is 0 Å². The van der Waals surface area contributed by atoms with Gasteiger partial charge in [0, 0.05) is 17.4 Å². The molecule has 1 aliphatic carbocycles. The molecule has 1 fully saturated rings. The molecule has 0 unspecified atom stereocenters. The second-order valence-corrected chi connectivity index (χ2v) is 7.23. The van der Waals surface area contributed by atoms with Crippen LogP contribution in [0.15, 0.2) is 29.2 Å². The zero-order valence-corrected chi connectivity index (χ0v) is 13.1. The van der Waals surface area contributed by atoms with Gasteiger partial charge >= 0.3 is 0 Å². The smallest absolute Gasteiger partial charge is 0.240 e. The van der Waals surface area contributed by atoms with Gasteiger partial charge in [-0.15, -0.1) is 0 Å². The van der Waals surface area contributed by atoms with Crippen molar-refractivity contribution < 1.29 is 8.42 Å². The molecule has 3 N–H and O–H groups in total. The molecule has 1 aromatic rings. The highest BCUT2D eigenvalue weighted by atomic mass is 79.9. The van der Waals surface area contributed by atoms with Crippen LogP contribution < -0.4 is 10.5 Å². The fourth-order valence-electron chi connectivity index (χ4n) is 2.33. The molecule has 0 spiro atoms. The summed E-state index contributed by atoms with van der Waals surface area (Å²) in [7, 11) is -3.46. The van der Waals surface area contributed by atoms with Gasteiger partial charge in [0.05, 0.1) is 4.90 Å². The maximum absolute atomic E-state index is 12.3. The van der Waals surface area contributed by atoms with Crippen LogP contribution in [0.1, 0.15) is 31.2 Å².